The number of imidazole rings is 1. The third-order valence-electron chi connectivity index (χ3n) is 2.63. The van der Waals surface area contributed by atoms with Crippen LogP contribution in [0.2, 0.25) is 0 Å². The van der Waals surface area contributed by atoms with Gasteiger partial charge in [-0.3, -0.25) is 4.40 Å². The third-order valence-corrected chi connectivity index (χ3v) is 3.04. The third kappa shape index (κ3) is 3.02. The highest BCUT2D eigenvalue weighted by Crippen LogP contribution is 2.10. The zero-order chi connectivity index (χ0) is 12.3. The van der Waals surface area contributed by atoms with Gasteiger partial charge in [0, 0.05) is 25.4 Å². The maximum Gasteiger partial charge on any atom is 0.155 e. The lowest BCUT2D eigenvalue weighted by Crippen LogP contribution is -2.26. The van der Waals surface area contributed by atoms with Crippen molar-refractivity contribution in [3.63, 3.8) is 0 Å². The molecular formula is C11H15BrN4O. The highest BCUT2D eigenvalue weighted by atomic mass is 79.9. The number of fused-ring (bicyclic) bond motifs is 1. The Morgan fingerprint density at radius 3 is 3.06 bits per heavy atom. The quantitative estimate of drug-likeness (QED) is 0.875. The molecule has 1 unspecified atom stereocenters. The normalized spacial score (nSPS) is 13.1. The van der Waals surface area contributed by atoms with Crippen molar-refractivity contribution in [2.24, 2.45) is 0 Å². The second-order valence-electron chi connectivity index (χ2n) is 3.98. The van der Waals surface area contributed by atoms with Crippen LogP contribution in [0.1, 0.15) is 19.0 Å². The van der Waals surface area contributed by atoms with Gasteiger partial charge in [0.1, 0.15) is 4.60 Å². The number of aliphatic hydroxyl groups is 1. The van der Waals surface area contributed by atoms with Gasteiger partial charge in [0.15, 0.2) is 5.65 Å². The van der Waals surface area contributed by atoms with Crippen LogP contribution in [0.5, 0.6) is 0 Å². The molecule has 0 fully saturated rings. The predicted molar refractivity (Wildman–Crippen MR) is 68.7 cm³/mol. The Kier molecular flexibility index (Phi) is 4.09. The van der Waals surface area contributed by atoms with Crippen LogP contribution in [0, 0.1) is 0 Å². The van der Waals surface area contributed by atoms with Crippen LogP contribution in [0.25, 0.3) is 5.65 Å². The zero-order valence-corrected chi connectivity index (χ0v) is 11.2. The fraction of sp³-hybridized carbons (Fsp3) is 0.455. The average Bonchev–Trinajstić information content (AvgIpc) is 2.69. The van der Waals surface area contributed by atoms with E-state index >= 15 is 0 Å². The Morgan fingerprint density at radius 2 is 2.29 bits per heavy atom. The minimum atomic E-state index is 0.205. The average molecular weight is 299 g/mol. The van der Waals surface area contributed by atoms with E-state index in [4.69, 9.17) is 5.11 Å². The molecule has 5 nitrogen and oxygen atoms in total. The maximum atomic E-state index is 8.83. The van der Waals surface area contributed by atoms with E-state index in [0.29, 0.717) is 0 Å². The number of hydrogen-bond acceptors (Lipinski definition) is 4. The van der Waals surface area contributed by atoms with Crippen LogP contribution >= 0.6 is 15.9 Å². The second-order valence-corrected chi connectivity index (χ2v) is 4.79. The zero-order valence-electron chi connectivity index (χ0n) is 9.60. The summed E-state index contributed by atoms with van der Waals surface area (Å²) in [5.41, 5.74) is 1.91. The van der Waals surface area contributed by atoms with Gasteiger partial charge in [0.2, 0.25) is 0 Å². The smallest absolute Gasteiger partial charge is 0.155 e. The fourth-order valence-electron chi connectivity index (χ4n) is 1.62. The van der Waals surface area contributed by atoms with E-state index in [1.165, 1.54) is 0 Å². The minimum Gasteiger partial charge on any atom is -0.396 e. The molecule has 17 heavy (non-hydrogen) atoms. The monoisotopic (exact) mass is 298 g/mol. The lowest BCUT2D eigenvalue weighted by molar-refractivity contribution is 0.268. The molecule has 0 aliphatic heterocycles. The molecule has 0 amide bonds. The van der Waals surface area contributed by atoms with Gasteiger partial charge in [-0.1, -0.05) is 0 Å². The Bertz CT molecular complexity index is 499. The SMILES string of the molecule is CC(CCO)NCc1cnc2cnc(Br)cn12. The van der Waals surface area contributed by atoms with Crippen molar-refractivity contribution in [3.05, 3.63) is 28.9 Å². The molecule has 2 N–H and O–H groups in total. The molecule has 2 heterocycles. The molecule has 2 aromatic heterocycles. The van der Waals surface area contributed by atoms with E-state index < -0.39 is 0 Å². The van der Waals surface area contributed by atoms with Gasteiger partial charge in [-0.05, 0) is 29.3 Å². The van der Waals surface area contributed by atoms with Crippen LogP contribution in [0.15, 0.2) is 23.2 Å². The van der Waals surface area contributed by atoms with E-state index in [1.807, 2.05) is 16.8 Å². The van der Waals surface area contributed by atoms with E-state index in [-0.39, 0.29) is 12.6 Å². The molecule has 6 heteroatoms. The number of aromatic nitrogens is 3. The summed E-state index contributed by atoms with van der Waals surface area (Å²) in [6.07, 6.45) is 6.21. The van der Waals surface area contributed by atoms with Crippen LogP contribution < -0.4 is 5.32 Å². The molecular weight excluding hydrogens is 284 g/mol. The molecule has 0 saturated heterocycles. The predicted octanol–water partition coefficient (Wildman–Crippen LogP) is 1.35. The van der Waals surface area contributed by atoms with Gasteiger partial charge in [0.05, 0.1) is 18.1 Å². The summed E-state index contributed by atoms with van der Waals surface area (Å²) < 4.78 is 2.78. The molecule has 2 aromatic rings. The number of aliphatic hydroxyl groups excluding tert-OH is 1. The molecule has 0 bridgehead atoms. The summed E-state index contributed by atoms with van der Waals surface area (Å²) in [7, 11) is 0. The Balaban J connectivity index is 2.10. The molecule has 0 radical (unpaired) electrons. The van der Waals surface area contributed by atoms with Gasteiger partial charge in [-0.2, -0.15) is 0 Å². The van der Waals surface area contributed by atoms with E-state index in [2.05, 4.69) is 38.1 Å². The fourth-order valence-corrected chi connectivity index (χ4v) is 1.93. The molecule has 0 spiro atoms. The van der Waals surface area contributed by atoms with Gasteiger partial charge in [-0.15, -0.1) is 0 Å². The Labute approximate surface area is 108 Å². The first-order valence-corrected chi connectivity index (χ1v) is 6.31. The van der Waals surface area contributed by atoms with Gasteiger partial charge >= 0.3 is 0 Å². The standard InChI is InChI=1S/C11H15BrN4O/c1-8(2-3-17)13-4-9-5-15-11-6-14-10(12)7-16(9)11/h5-8,13,17H,2-4H2,1H3. The lowest BCUT2D eigenvalue weighted by atomic mass is 10.2. The van der Waals surface area contributed by atoms with Gasteiger partial charge < -0.3 is 10.4 Å². The van der Waals surface area contributed by atoms with Crippen molar-refractivity contribution >= 4 is 21.6 Å². The van der Waals surface area contributed by atoms with Crippen LogP contribution in [-0.2, 0) is 6.54 Å². The molecule has 1 atom stereocenters. The van der Waals surface area contributed by atoms with E-state index in [1.54, 1.807) is 6.20 Å². The lowest BCUT2D eigenvalue weighted by Gasteiger charge is -2.11. The van der Waals surface area contributed by atoms with Crippen LogP contribution in [0.4, 0.5) is 0 Å². The Morgan fingerprint density at radius 1 is 1.47 bits per heavy atom. The maximum absolute atomic E-state index is 8.83. The molecule has 0 saturated carbocycles. The van der Waals surface area contributed by atoms with E-state index in [9.17, 15) is 0 Å². The van der Waals surface area contributed by atoms with Crippen molar-refractivity contribution in [1.29, 1.82) is 0 Å². The first kappa shape index (κ1) is 12.5. The number of nitrogens with zero attached hydrogens (tertiary/aromatic N) is 3. The molecule has 92 valence electrons. The number of hydrogen-bond donors (Lipinski definition) is 2. The minimum absolute atomic E-state index is 0.205. The number of nitrogens with one attached hydrogen (secondary N) is 1. The van der Waals surface area contributed by atoms with Gasteiger partial charge in [-0.25, -0.2) is 9.97 Å². The topological polar surface area (TPSA) is 62.5 Å². The summed E-state index contributed by atoms with van der Waals surface area (Å²) in [6, 6.07) is 0.288. The largest absolute Gasteiger partial charge is 0.396 e. The summed E-state index contributed by atoms with van der Waals surface area (Å²) >= 11 is 3.34. The number of halogens is 1. The summed E-state index contributed by atoms with van der Waals surface area (Å²) in [5, 5.41) is 12.2. The molecule has 0 aromatic carbocycles. The van der Waals surface area contributed by atoms with Crippen molar-refractivity contribution in [2.75, 3.05) is 6.61 Å². The van der Waals surface area contributed by atoms with Crippen molar-refractivity contribution in [1.82, 2.24) is 19.7 Å². The van der Waals surface area contributed by atoms with Crippen LogP contribution in [-0.4, -0.2) is 32.1 Å². The summed E-state index contributed by atoms with van der Waals surface area (Å²) in [5.74, 6) is 0. The highest BCUT2D eigenvalue weighted by Gasteiger charge is 2.06. The molecule has 0 aliphatic carbocycles. The number of rotatable bonds is 5. The summed E-state index contributed by atoms with van der Waals surface area (Å²) in [4.78, 5) is 8.40. The van der Waals surface area contributed by atoms with Crippen LogP contribution in [0.3, 0.4) is 0 Å². The summed E-state index contributed by atoms with van der Waals surface area (Å²) in [6.45, 7) is 2.98. The van der Waals surface area contributed by atoms with Gasteiger partial charge in [0.25, 0.3) is 0 Å². The molecule has 2 rings (SSSR count). The van der Waals surface area contributed by atoms with Crippen molar-refractivity contribution in [3.8, 4) is 0 Å². The molecule has 0 aliphatic rings. The second kappa shape index (κ2) is 5.57. The van der Waals surface area contributed by atoms with Crippen molar-refractivity contribution in [2.45, 2.75) is 25.9 Å². The van der Waals surface area contributed by atoms with E-state index in [0.717, 1.165) is 28.9 Å². The Hall–Kier alpha value is -0.980. The van der Waals surface area contributed by atoms with Crippen molar-refractivity contribution < 1.29 is 5.11 Å². The first-order valence-electron chi connectivity index (χ1n) is 5.52. The first-order chi connectivity index (χ1) is 8.20. The highest BCUT2D eigenvalue weighted by molar-refractivity contribution is 9.10.